The van der Waals surface area contributed by atoms with Gasteiger partial charge in [0.15, 0.2) is 11.5 Å². The van der Waals surface area contributed by atoms with E-state index in [0.29, 0.717) is 13.2 Å². The second-order valence-electron chi connectivity index (χ2n) is 7.05. The Labute approximate surface area is 180 Å². The second kappa shape index (κ2) is 10.5. The molecule has 0 amide bonds. The molecule has 0 saturated carbocycles. The zero-order valence-electron chi connectivity index (χ0n) is 17.3. The topological polar surface area (TPSA) is 109 Å². The van der Waals surface area contributed by atoms with Crippen molar-refractivity contribution in [2.45, 2.75) is 6.54 Å². The molecule has 0 bridgehead atoms. The van der Waals surface area contributed by atoms with Gasteiger partial charge in [-0.15, -0.1) is 0 Å². The fourth-order valence-corrected chi connectivity index (χ4v) is 3.38. The molecular formula is C22H26N2O7. The molecular weight excluding hydrogens is 404 g/mol. The Hall–Kier alpha value is -3.46. The van der Waals surface area contributed by atoms with Crippen molar-refractivity contribution in [1.29, 1.82) is 0 Å². The summed E-state index contributed by atoms with van der Waals surface area (Å²) in [4.78, 5) is 23.1. The summed E-state index contributed by atoms with van der Waals surface area (Å²) in [6.45, 7) is 6.41. The van der Waals surface area contributed by atoms with Crippen molar-refractivity contribution in [2.24, 2.45) is 0 Å². The number of rotatable bonds is 4. The van der Waals surface area contributed by atoms with Crippen LogP contribution in [-0.4, -0.2) is 73.6 Å². The molecule has 0 unspecified atom stereocenters. The van der Waals surface area contributed by atoms with E-state index in [9.17, 15) is 0 Å². The first-order valence-corrected chi connectivity index (χ1v) is 9.92. The maximum atomic E-state index is 9.10. The Balaban J connectivity index is 0.000000401. The molecule has 9 nitrogen and oxygen atoms in total. The Bertz CT molecular complexity index is 881. The third kappa shape index (κ3) is 6.26. The van der Waals surface area contributed by atoms with Gasteiger partial charge < -0.3 is 29.3 Å². The quantitative estimate of drug-likeness (QED) is 0.704. The highest BCUT2D eigenvalue weighted by molar-refractivity contribution is 6.27. The molecule has 1 fully saturated rings. The van der Waals surface area contributed by atoms with Gasteiger partial charge in [0.2, 0.25) is 0 Å². The first kappa shape index (κ1) is 22.2. The van der Waals surface area contributed by atoms with Crippen LogP contribution in [0.25, 0.3) is 0 Å². The van der Waals surface area contributed by atoms with E-state index in [1.807, 2.05) is 18.2 Å². The van der Waals surface area contributed by atoms with E-state index < -0.39 is 11.9 Å². The van der Waals surface area contributed by atoms with Gasteiger partial charge in [0.05, 0.1) is 7.11 Å². The molecule has 2 heterocycles. The number of hydrogen-bond donors (Lipinski definition) is 2. The van der Waals surface area contributed by atoms with Crippen LogP contribution in [0.4, 0.5) is 5.69 Å². The zero-order valence-corrected chi connectivity index (χ0v) is 17.3. The first-order valence-electron chi connectivity index (χ1n) is 9.92. The van der Waals surface area contributed by atoms with Gasteiger partial charge in [-0.1, -0.05) is 12.1 Å². The van der Waals surface area contributed by atoms with E-state index in [1.165, 1.54) is 11.3 Å². The zero-order chi connectivity index (χ0) is 22.2. The van der Waals surface area contributed by atoms with Crippen molar-refractivity contribution < 1.29 is 34.0 Å². The SMILES string of the molecule is COc1ccc(CN2CCN(c3ccc4c(c3)OCCO4)CC2)cc1.O=C(O)C(=O)O. The minimum Gasteiger partial charge on any atom is -0.497 e. The summed E-state index contributed by atoms with van der Waals surface area (Å²) in [6, 6.07) is 14.6. The van der Waals surface area contributed by atoms with E-state index in [1.54, 1.807) is 7.11 Å². The van der Waals surface area contributed by atoms with Crippen LogP contribution in [0, 0.1) is 0 Å². The summed E-state index contributed by atoms with van der Waals surface area (Å²) < 4.78 is 16.5. The predicted octanol–water partition coefficient (Wildman–Crippen LogP) is 1.94. The minimum atomic E-state index is -1.82. The van der Waals surface area contributed by atoms with Gasteiger partial charge in [0, 0.05) is 44.5 Å². The van der Waals surface area contributed by atoms with Gasteiger partial charge in [0.25, 0.3) is 0 Å². The highest BCUT2D eigenvalue weighted by Crippen LogP contribution is 2.34. The molecule has 0 atom stereocenters. The van der Waals surface area contributed by atoms with Crippen molar-refractivity contribution in [1.82, 2.24) is 4.90 Å². The molecule has 2 aromatic carbocycles. The molecule has 0 aromatic heterocycles. The van der Waals surface area contributed by atoms with Gasteiger partial charge >= 0.3 is 11.9 Å². The number of benzene rings is 2. The van der Waals surface area contributed by atoms with Crippen molar-refractivity contribution in [3.8, 4) is 17.2 Å². The van der Waals surface area contributed by atoms with Crippen molar-refractivity contribution in [2.75, 3.05) is 51.4 Å². The van der Waals surface area contributed by atoms with Gasteiger partial charge in [-0.2, -0.15) is 0 Å². The number of ether oxygens (including phenoxy) is 3. The molecule has 2 aliphatic rings. The number of carboxylic acids is 2. The van der Waals surface area contributed by atoms with Crippen LogP contribution in [0.3, 0.4) is 0 Å². The highest BCUT2D eigenvalue weighted by Gasteiger charge is 2.19. The number of carbonyl (C=O) groups is 2. The molecule has 166 valence electrons. The monoisotopic (exact) mass is 430 g/mol. The van der Waals surface area contributed by atoms with Crippen LogP contribution < -0.4 is 19.1 Å². The van der Waals surface area contributed by atoms with Crippen LogP contribution in [0.2, 0.25) is 0 Å². The number of anilines is 1. The number of piperazine rings is 1. The van der Waals surface area contributed by atoms with E-state index >= 15 is 0 Å². The Morgan fingerprint density at radius 2 is 1.52 bits per heavy atom. The van der Waals surface area contributed by atoms with Gasteiger partial charge in [-0.3, -0.25) is 4.90 Å². The van der Waals surface area contributed by atoms with Gasteiger partial charge in [0.1, 0.15) is 19.0 Å². The highest BCUT2D eigenvalue weighted by atomic mass is 16.6. The number of hydrogen-bond acceptors (Lipinski definition) is 7. The van der Waals surface area contributed by atoms with E-state index in [2.05, 4.69) is 34.1 Å². The number of carboxylic acid groups (broad SMARTS) is 2. The van der Waals surface area contributed by atoms with Crippen molar-refractivity contribution in [3.63, 3.8) is 0 Å². The molecule has 9 heteroatoms. The number of nitrogens with zero attached hydrogens (tertiary/aromatic N) is 2. The third-order valence-electron chi connectivity index (χ3n) is 5.01. The van der Waals surface area contributed by atoms with Crippen LogP contribution in [0.5, 0.6) is 17.2 Å². The standard InChI is InChI=1S/C20H24N2O3.C2H2O4/c1-23-18-5-2-16(3-6-18)15-21-8-10-22(11-9-21)17-4-7-19-20(14-17)25-13-12-24-19;3-1(4)2(5)6/h2-7,14H,8-13,15H2,1H3;(H,3,4)(H,5,6). The molecule has 4 rings (SSSR count). The lowest BCUT2D eigenvalue weighted by atomic mass is 10.1. The van der Waals surface area contributed by atoms with Gasteiger partial charge in [-0.25, -0.2) is 9.59 Å². The summed E-state index contributed by atoms with van der Waals surface area (Å²) in [5.41, 5.74) is 2.54. The molecule has 2 aliphatic heterocycles. The third-order valence-corrected chi connectivity index (χ3v) is 5.01. The fraction of sp³-hybridized carbons (Fsp3) is 0.364. The molecule has 0 radical (unpaired) electrons. The van der Waals surface area contributed by atoms with Crippen molar-refractivity contribution >= 4 is 17.6 Å². The normalized spacial score (nSPS) is 15.5. The van der Waals surface area contributed by atoms with Crippen LogP contribution >= 0.6 is 0 Å². The molecule has 2 N–H and O–H groups in total. The molecule has 0 spiro atoms. The van der Waals surface area contributed by atoms with E-state index in [4.69, 9.17) is 34.0 Å². The lowest BCUT2D eigenvalue weighted by Gasteiger charge is -2.36. The Kier molecular flexibility index (Phi) is 7.55. The average molecular weight is 430 g/mol. The number of aliphatic carboxylic acids is 2. The summed E-state index contributed by atoms with van der Waals surface area (Å²) in [5.74, 6) is -1.02. The van der Waals surface area contributed by atoms with E-state index in [0.717, 1.165) is 50.0 Å². The molecule has 0 aliphatic carbocycles. The smallest absolute Gasteiger partial charge is 0.414 e. The molecule has 31 heavy (non-hydrogen) atoms. The summed E-state index contributed by atoms with van der Waals surface area (Å²) in [5, 5.41) is 14.8. The average Bonchev–Trinajstić information content (AvgIpc) is 2.80. The number of fused-ring (bicyclic) bond motifs is 1. The maximum absolute atomic E-state index is 9.10. The maximum Gasteiger partial charge on any atom is 0.414 e. The lowest BCUT2D eigenvalue weighted by Crippen LogP contribution is -2.46. The van der Waals surface area contributed by atoms with Crippen LogP contribution in [-0.2, 0) is 16.1 Å². The predicted molar refractivity (Wildman–Crippen MR) is 113 cm³/mol. The first-order chi connectivity index (χ1) is 15.0. The lowest BCUT2D eigenvalue weighted by molar-refractivity contribution is -0.159. The largest absolute Gasteiger partial charge is 0.497 e. The Morgan fingerprint density at radius 3 is 2.10 bits per heavy atom. The summed E-state index contributed by atoms with van der Waals surface area (Å²) >= 11 is 0. The fourth-order valence-electron chi connectivity index (χ4n) is 3.38. The van der Waals surface area contributed by atoms with Gasteiger partial charge in [-0.05, 0) is 29.8 Å². The van der Waals surface area contributed by atoms with Crippen molar-refractivity contribution in [3.05, 3.63) is 48.0 Å². The summed E-state index contributed by atoms with van der Waals surface area (Å²) in [6.07, 6.45) is 0. The van der Waals surface area contributed by atoms with Crippen LogP contribution in [0.15, 0.2) is 42.5 Å². The Morgan fingerprint density at radius 1 is 0.903 bits per heavy atom. The second-order valence-corrected chi connectivity index (χ2v) is 7.05. The number of methoxy groups -OCH3 is 1. The molecule has 2 aromatic rings. The minimum absolute atomic E-state index is 0.631. The van der Waals surface area contributed by atoms with Crippen LogP contribution in [0.1, 0.15) is 5.56 Å². The van der Waals surface area contributed by atoms with E-state index in [-0.39, 0.29) is 0 Å². The molecule has 1 saturated heterocycles. The summed E-state index contributed by atoms with van der Waals surface area (Å²) in [7, 11) is 1.70.